The first-order chi connectivity index (χ1) is 19.9. The van der Waals surface area contributed by atoms with Gasteiger partial charge in [-0.2, -0.15) is 0 Å². The summed E-state index contributed by atoms with van der Waals surface area (Å²) in [4.78, 5) is 3.46. The summed E-state index contributed by atoms with van der Waals surface area (Å²) in [6, 6.07) is 9.73. The first-order valence-corrected chi connectivity index (χ1v) is 13.7. The first-order valence-electron chi connectivity index (χ1n) is 13.7. The maximum atomic E-state index is 15.6. The van der Waals surface area contributed by atoms with E-state index in [4.69, 9.17) is 22.3 Å². The highest BCUT2D eigenvalue weighted by molar-refractivity contribution is 5.78. The Morgan fingerprint density at radius 2 is 1.26 bits per heavy atom. The number of guanidine groups is 2. The van der Waals surface area contributed by atoms with Crippen LogP contribution in [0, 0.1) is 22.5 Å². The second-order valence-electron chi connectivity index (χ2n) is 11.3. The zero-order valence-corrected chi connectivity index (χ0v) is 23.7. The molecule has 42 heavy (non-hydrogen) atoms. The zero-order chi connectivity index (χ0) is 30.2. The summed E-state index contributed by atoms with van der Waals surface area (Å²) in [5.74, 6) is -0.659. The molecule has 0 radical (unpaired) electrons. The average molecular weight is 576 g/mol. The van der Waals surface area contributed by atoms with Crippen molar-refractivity contribution in [1.82, 2.24) is 24.6 Å². The van der Waals surface area contributed by atoms with Crippen molar-refractivity contribution in [2.75, 3.05) is 26.2 Å². The van der Waals surface area contributed by atoms with Gasteiger partial charge >= 0.3 is 0 Å². The minimum atomic E-state index is -1.22. The highest BCUT2D eigenvalue weighted by Crippen LogP contribution is 2.33. The van der Waals surface area contributed by atoms with Crippen LogP contribution in [0.1, 0.15) is 37.8 Å². The summed E-state index contributed by atoms with van der Waals surface area (Å²) in [5, 5.41) is 34.4. The van der Waals surface area contributed by atoms with Crippen molar-refractivity contribution in [3.8, 4) is 22.8 Å². The second-order valence-corrected chi connectivity index (χ2v) is 11.3. The SMILES string of the molecule is CC(C)(O)Cn1c(-c2ccc(C3=CCN(C(=N)N)CC3)cc2F)nnc1-c1ccc(C2=CCN(C(=N)N)CC2)cc1F. The van der Waals surface area contributed by atoms with Gasteiger partial charge in [0.2, 0.25) is 0 Å². The van der Waals surface area contributed by atoms with Gasteiger partial charge in [0.05, 0.1) is 23.3 Å². The van der Waals surface area contributed by atoms with Crippen molar-refractivity contribution in [1.29, 1.82) is 10.8 Å². The minimum Gasteiger partial charge on any atom is -0.389 e. The van der Waals surface area contributed by atoms with Gasteiger partial charge in [-0.15, -0.1) is 10.2 Å². The van der Waals surface area contributed by atoms with Gasteiger partial charge in [0.15, 0.2) is 23.6 Å². The topological polar surface area (TPSA) is 157 Å². The summed E-state index contributed by atoms with van der Waals surface area (Å²) < 4.78 is 32.7. The molecule has 220 valence electrons. The molecule has 3 aromatic rings. The van der Waals surface area contributed by atoms with Gasteiger partial charge in [-0.05, 0) is 73.2 Å². The van der Waals surface area contributed by atoms with Gasteiger partial charge < -0.3 is 30.9 Å². The summed E-state index contributed by atoms with van der Waals surface area (Å²) in [5.41, 5.74) is 13.7. The molecule has 0 saturated carbocycles. The summed E-state index contributed by atoms with van der Waals surface area (Å²) in [6.07, 6.45) is 5.11. The smallest absolute Gasteiger partial charge is 0.188 e. The molecule has 0 unspecified atom stereocenters. The third kappa shape index (κ3) is 6.03. The van der Waals surface area contributed by atoms with Gasteiger partial charge in [-0.1, -0.05) is 24.3 Å². The molecule has 0 fully saturated rings. The lowest BCUT2D eigenvalue weighted by molar-refractivity contribution is 0.0623. The Morgan fingerprint density at radius 1 is 0.833 bits per heavy atom. The van der Waals surface area contributed by atoms with Crippen molar-refractivity contribution in [2.24, 2.45) is 11.5 Å². The van der Waals surface area contributed by atoms with E-state index in [0.29, 0.717) is 39.0 Å². The standard InChI is InChI=1S/C30H35F2N9O/c1-30(2,42)17-41-26(22-5-3-20(15-24(22)31)18-7-11-39(12-8-18)28(33)34)37-38-27(41)23-6-4-21(16-25(23)32)19-9-13-40(14-10-19)29(35)36/h3-7,9,15-16,42H,8,10-14,17H2,1-2H3,(H3,33,34)(H3,35,36). The number of nitrogens with two attached hydrogens (primary N) is 2. The van der Waals surface area contributed by atoms with Crippen LogP contribution in [0.3, 0.4) is 0 Å². The fraction of sp³-hybridized carbons (Fsp3) is 0.333. The Kier molecular flexibility index (Phi) is 7.83. The van der Waals surface area contributed by atoms with Crippen LogP contribution in [0.15, 0.2) is 48.6 Å². The summed E-state index contributed by atoms with van der Waals surface area (Å²) in [7, 11) is 0. The fourth-order valence-corrected chi connectivity index (χ4v) is 5.33. The Morgan fingerprint density at radius 3 is 1.57 bits per heavy atom. The third-order valence-corrected chi connectivity index (χ3v) is 7.56. The van der Waals surface area contributed by atoms with Gasteiger partial charge in [0.25, 0.3) is 0 Å². The van der Waals surface area contributed by atoms with Crippen molar-refractivity contribution in [2.45, 2.75) is 38.8 Å². The molecule has 0 spiro atoms. The van der Waals surface area contributed by atoms with E-state index in [1.165, 1.54) is 12.1 Å². The number of hydrogen-bond donors (Lipinski definition) is 5. The van der Waals surface area contributed by atoms with Crippen LogP contribution < -0.4 is 11.5 Å². The van der Waals surface area contributed by atoms with E-state index in [1.807, 2.05) is 12.2 Å². The summed E-state index contributed by atoms with van der Waals surface area (Å²) in [6.45, 7) is 5.34. The Hall–Kier alpha value is -4.58. The van der Waals surface area contributed by atoms with E-state index in [-0.39, 0.29) is 41.2 Å². The molecular formula is C30H35F2N9O. The largest absolute Gasteiger partial charge is 0.389 e. The van der Waals surface area contributed by atoms with Crippen molar-refractivity contribution >= 4 is 23.1 Å². The van der Waals surface area contributed by atoms with Crippen LogP contribution in [-0.4, -0.2) is 73.4 Å². The van der Waals surface area contributed by atoms with E-state index in [2.05, 4.69) is 10.2 Å². The molecule has 0 aliphatic carbocycles. The molecule has 12 heteroatoms. The van der Waals surface area contributed by atoms with E-state index >= 15 is 8.78 Å². The molecule has 10 nitrogen and oxygen atoms in total. The first kappa shape index (κ1) is 28.9. The normalized spacial score (nSPS) is 15.8. The second kappa shape index (κ2) is 11.4. The molecule has 0 atom stereocenters. The third-order valence-electron chi connectivity index (χ3n) is 7.56. The number of rotatable bonds is 6. The quantitative estimate of drug-likeness (QED) is 0.222. The highest BCUT2D eigenvalue weighted by atomic mass is 19.1. The monoisotopic (exact) mass is 575 g/mol. The van der Waals surface area contributed by atoms with Gasteiger partial charge in [-0.25, -0.2) is 8.78 Å². The van der Waals surface area contributed by atoms with Crippen molar-refractivity contribution < 1.29 is 13.9 Å². The highest BCUT2D eigenvalue weighted by Gasteiger charge is 2.26. The van der Waals surface area contributed by atoms with E-state index in [1.54, 1.807) is 52.5 Å². The lowest BCUT2D eigenvalue weighted by Crippen LogP contribution is -2.39. The molecule has 7 N–H and O–H groups in total. The van der Waals surface area contributed by atoms with Crippen molar-refractivity contribution in [3.05, 3.63) is 71.3 Å². The van der Waals surface area contributed by atoms with E-state index < -0.39 is 17.2 Å². The Balaban J connectivity index is 1.47. The molecule has 5 rings (SSSR count). The molecule has 3 heterocycles. The molecule has 0 saturated heterocycles. The maximum Gasteiger partial charge on any atom is 0.188 e. The predicted molar refractivity (Wildman–Crippen MR) is 159 cm³/mol. The van der Waals surface area contributed by atoms with Crippen LogP contribution in [0.5, 0.6) is 0 Å². The molecule has 2 aromatic carbocycles. The average Bonchev–Trinajstić information content (AvgIpc) is 3.34. The number of aliphatic hydroxyl groups is 1. The minimum absolute atomic E-state index is 0.00508. The number of halogens is 2. The molecule has 2 aliphatic heterocycles. The van der Waals surface area contributed by atoms with Crippen LogP contribution in [0.2, 0.25) is 0 Å². The summed E-state index contributed by atoms with van der Waals surface area (Å²) >= 11 is 0. The zero-order valence-electron chi connectivity index (χ0n) is 23.7. The number of benzene rings is 2. The molecule has 2 aliphatic rings. The Bertz CT molecular complexity index is 1490. The van der Waals surface area contributed by atoms with Gasteiger partial charge in [-0.3, -0.25) is 10.8 Å². The lowest BCUT2D eigenvalue weighted by atomic mass is 9.97. The molecular weight excluding hydrogens is 540 g/mol. The molecule has 0 bridgehead atoms. The number of hydrogen-bond acceptors (Lipinski definition) is 5. The fourth-order valence-electron chi connectivity index (χ4n) is 5.33. The van der Waals surface area contributed by atoms with Crippen molar-refractivity contribution in [3.63, 3.8) is 0 Å². The number of aromatic nitrogens is 3. The van der Waals surface area contributed by atoms with Gasteiger partial charge in [0.1, 0.15) is 11.6 Å². The van der Waals surface area contributed by atoms with Crippen LogP contribution in [0.4, 0.5) is 8.78 Å². The van der Waals surface area contributed by atoms with E-state index in [0.717, 1.165) is 22.3 Å². The Labute approximate surface area is 243 Å². The predicted octanol–water partition coefficient (Wildman–Crippen LogP) is 3.63. The van der Waals surface area contributed by atoms with E-state index in [9.17, 15) is 5.11 Å². The van der Waals surface area contributed by atoms with Crippen LogP contribution in [0.25, 0.3) is 33.9 Å². The maximum absolute atomic E-state index is 15.6. The molecule has 1 aromatic heterocycles. The number of nitrogens with zero attached hydrogens (tertiary/aromatic N) is 5. The lowest BCUT2D eigenvalue weighted by Gasteiger charge is -2.26. The molecule has 0 amide bonds. The number of nitrogens with one attached hydrogen (secondary N) is 2. The van der Waals surface area contributed by atoms with Gasteiger partial charge in [0, 0.05) is 26.2 Å². The van der Waals surface area contributed by atoms with Crippen LogP contribution in [-0.2, 0) is 6.54 Å². The van der Waals surface area contributed by atoms with Crippen LogP contribution >= 0.6 is 0 Å².